The highest BCUT2D eigenvalue weighted by molar-refractivity contribution is 7.89. The number of nitrogens with one attached hydrogen (secondary N) is 1. The van der Waals surface area contributed by atoms with Crippen LogP contribution in [-0.2, 0) is 10.0 Å². The summed E-state index contributed by atoms with van der Waals surface area (Å²) in [5.41, 5.74) is 0. The van der Waals surface area contributed by atoms with Crippen molar-refractivity contribution in [3.63, 3.8) is 0 Å². The van der Waals surface area contributed by atoms with Crippen molar-refractivity contribution in [3.05, 3.63) is 24.4 Å². The first-order valence-corrected chi connectivity index (χ1v) is 6.91. The third-order valence-electron chi connectivity index (χ3n) is 2.16. The summed E-state index contributed by atoms with van der Waals surface area (Å²) in [5, 5.41) is 0.0829. The minimum atomic E-state index is -3.42. The molecular formula is C11H18N2O2S. The third kappa shape index (κ3) is 4.28. The van der Waals surface area contributed by atoms with E-state index in [-0.39, 0.29) is 5.03 Å². The lowest BCUT2D eigenvalue weighted by molar-refractivity contribution is 0.538. The van der Waals surface area contributed by atoms with Gasteiger partial charge in [-0.3, -0.25) is 0 Å². The van der Waals surface area contributed by atoms with Crippen LogP contribution in [0.2, 0.25) is 0 Å². The fourth-order valence-corrected chi connectivity index (χ4v) is 2.32. The number of hydrogen-bond acceptors (Lipinski definition) is 3. The van der Waals surface area contributed by atoms with E-state index in [1.165, 1.54) is 12.3 Å². The van der Waals surface area contributed by atoms with Crippen LogP contribution in [0.4, 0.5) is 0 Å². The Morgan fingerprint density at radius 3 is 2.69 bits per heavy atom. The van der Waals surface area contributed by atoms with Gasteiger partial charge in [-0.15, -0.1) is 0 Å². The van der Waals surface area contributed by atoms with E-state index in [2.05, 4.69) is 23.6 Å². The number of hydrogen-bond donors (Lipinski definition) is 1. The van der Waals surface area contributed by atoms with Crippen molar-refractivity contribution in [1.82, 2.24) is 9.71 Å². The second kappa shape index (κ2) is 5.96. The normalized spacial score (nSPS) is 11.9. The van der Waals surface area contributed by atoms with Crippen LogP contribution in [0.1, 0.15) is 26.7 Å². The van der Waals surface area contributed by atoms with Crippen molar-refractivity contribution >= 4 is 10.0 Å². The molecule has 1 aromatic rings. The standard InChI is InChI=1S/C11H18N2O2S/c1-10(2)6-5-9-13-16(14,15)11-7-3-4-8-12-11/h3-4,7-8,10,13H,5-6,9H2,1-2H3. The van der Waals surface area contributed by atoms with Crippen LogP contribution in [0.15, 0.2) is 29.4 Å². The zero-order chi connectivity index (χ0) is 12.0. The predicted octanol–water partition coefficient (Wildman–Crippen LogP) is 1.80. The summed E-state index contributed by atoms with van der Waals surface area (Å²) in [6.45, 7) is 4.71. The van der Waals surface area contributed by atoms with E-state index >= 15 is 0 Å². The van der Waals surface area contributed by atoms with Gasteiger partial charge in [0.1, 0.15) is 0 Å². The van der Waals surface area contributed by atoms with Gasteiger partial charge in [-0.1, -0.05) is 19.9 Å². The van der Waals surface area contributed by atoms with Crippen molar-refractivity contribution in [1.29, 1.82) is 0 Å². The molecule has 1 rings (SSSR count). The molecule has 1 heterocycles. The summed E-state index contributed by atoms with van der Waals surface area (Å²) >= 11 is 0. The molecule has 0 fully saturated rings. The third-order valence-corrected chi connectivity index (χ3v) is 3.54. The van der Waals surface area contributed by atoms with Crippen LogP contribution in [0, 0.1) is 5.92 Å². The van der Waals surface area contributed by atoms with E-state index < -0.39 is 10.0 Å². The molecule has 1 N–H and O–H groups in total. The first-order chi connectivity index (χ1) is 7.52. The molecule has 1 aromatic heterocycles. The van der Waals surface area contributed by atoms with Gasteiger partial charge < -0.3 is 0 Å². The molecule has 16 heavy (non-hydrogen) atoms. The molecule has 0 bridgehead atoms. The molecule has 0 unspecified atom stereocenters. The molecule has 5 heteroatoms. The minimum absolute atomic E-state index is 0.0829. The highest BCUT2D eigenvalue weighted by atomic mass is 32.2. The van der Waals surface area contributed by atoms with Crippen LogP contribution < -0.4 is 4.72 Å². The summed E-state index contributed by atoms with van der Waals surface area (Å²) in [6, 6.07) is 4.85. The Kier molecular flexibility index (Phi) is 4.89. The average molecular weight is 242 g/mol. The van der Waals surface area contributed by atoms with Crippen molar-refractivity contribution in [2.24, 2.45) is 5.92 Å². The van der Waals surface area contributed by atoms with Gasteiger partial charge in [0, 0.05) is 12.7 Å². The SMILES string of the molecule is CC(C)CCCNS(=O)(=O)c1ccccn1. The first kappa shape index (κ1) is 13.1. The molecule has 0 aliphatic heterocycles. The Labute approximate surface area is 97.2 Å². The van der Waals surface area contributed by atoms with Gasteiger partial charge in [0.25, 0.3) is 10.0 Å². The molecular weight excluding hydrogens is 224 g/mol. The molecule has 0 spiro atoms. The van der Waals surface area contributed by atoms with Gasteiger partial charge in [-0.25, -0.2) is 18.1 Å². The summed E-state index contributed by atoms with van der Waals surface area (Å²) < 4.78 is 25.9. The molecule has 4 nitrogen and oxygen atoms in total. The predicted molar refractivity (Wildman–Crippen MR) is 63.5 cm³/mol. The zero-order valence-corrected chi connectivity index (χ0v) is 10.5. The van der Waals surface area contributed by atoms with Crippen molar-refractivity contribution in [2.45, 2.75) is 31.7 Å². The Morgan fingerprint density at radius 1 is 1.38 bits per heavy atom. The van der Waals surface area contributed by atoms with E-state index in [0.29, 0.717) is 12.5 Å². The molecule has 0 amide bonds. The van der Waals surface area contributed by atoms with Crippen LogP contribution in [0.3, 0.4) is 0 Å². The van der Waals surface area contributed by atoms with Gasteiger partial charge in [0.15, 0.2) is 5.03 Å². The van der Waals surface area contributed by atoms with E-state index in [1.807, 2.05) is 0 Å². The Morgan fingerprint density at radius 2 is 2.12 bits per heavy atom. The molecule has 0 radical (unpaired) electrons. The molecule has 0 aliphatic rings. The lowest BCUT2D eigenvalue weighted by atomic mass is 10.1. The molecule has 0 aromatic carbocycles. The fourth-order valence-electron chi connectivity index (χ4n) is 1.30. The maximum Gasteiger partial charge on any atom is 0.258 e. The van der Waals surface area contributed by atoms with Gasteiger partial charge >= 0.3 is 0 Å². The van der Waals surface area contributed by atoms with E-state index in [9.17, 15) is 8.42 Å². The van der Waals surface area contributed by atoms with E-state index in [1.54, 1.807) is 12.1 Å². The topological polar surface area (TPSA) is 59.1 Å². The zero-order valence-electron chi connectivity index (χ0n) is 9.68. The fraction of sp³-hybridized carbons (Fsp3) is 0.545. The monoisotopic (exact) mass is 242 g/mol. The highest BCUT2D eigenvalue weighted by Crippen LogP contribution is 2.05. The summed E-state index contributed by atoms with van der Waals surface area (Å²) in [6.07, 6.45) is 3.34. The number of nitrogens with zero attached hydrogens (tertiary/aromatic N) is 1. The summed E-state index contributed by atoms with van der Waals surface area (Å²) in [5.74, 6) is 0.597. The van der Waals surface area contributed by atoms with Gasteiger partial charge in [0.05, 0.1) is 0 Å². The van der Waals surface area contributed by atoms with Crippen LogP contribution in [0.25, 0.3) is 0 Å². The second-order valence-electron chi connectivity index (χ2n) is 4.10. The van der Waals surface area contributed by atoms with Crippen LogP contribution in [0.5, 0.6) is 0 Å². The van der Waals surface area contributed by atoms with Gasteiger partial charge in [-0.05, 0) is 30.9 Å². The summed E-state index contributed by atoms with van der Waals surface area (Å²) in [7, 11) is -3.42. The molecule has 90 valence electrons. The lowest BCUT2D eigenvalue weighted by Gasteiger charge is -2.06. The van der Waals surface area contributed by atoms with Gasteiger partial charge in [0.2, 0.25) is 0 Å². The quantitative estimate of drug-likeness (QED) is 0.774. The maximum absolute atomic E-state index is 11.7. The Bertz CT molecular complexity index is 401. The molecule has 0 aliphatic carbocycles. The molecule has 0 saturated heterocycles. The van der Waals surface area contributed by atoms with Crippen molar-refractivity contribution in [3.8, 4) is 0 Å². The van der Waals surface area contributed by atoms with Gasteiger partial charge in [-0.2, -0.15) is 0 Å². The van der Waals surface area contributed by atoms with E-state index in [0.717, 1.165) is 12.8 Å². The Balaban J connectivity index is 2.48. The maximum atomic E-state index is 11.7. The molecule has 0 saturated carbocycles. The highest BCUT2D eigenvalue weighted by Gasteiger charge is 2.13. The van der Waals surface area contributed by atoms with Crippen molar-refractivity contribution < 1.29 is 8.42 Å². The average Bonchev–Trinajstić information content (AvgIpc) is 2.26. The summed E-state index contributed by atoms with van der Waals surface area (Å²) in [4.78, 5) is 3.81. The Hall–Kier alpha value is -0.940. The number of sulfonamides is 1. The minimum Gasteiger partial charge on any atom is -0.243 e. The second-order valence-corrected chi connectivity index (χ2v) is 5.82. The van der Waals surface area contributed by atoms with E-state index in [4.69, 9.17) is 0 Å². The van der Waals surface area contributed by atoms with Crippen LogP contribution >= 0.6 is 0 Å². The lowest BCUT2D eigenvalue weighted by Crippen LogP contribution is -2.25. The number of rotatable bonds is 6. The largest absolute Gasteiger partial charge is 0.258 e. The molecule has 0 atom stereocenters. The number of aromatic nitrogens is 1. The first-order valence-electron chi connectivity index (χ1n) is 5.43. The van der Waals surface area contributed by atoms with Crippen LogP contribution in [-0.4, -0.2) is 19.9 Å². The van der Waals surface area contributed by atoms with Crippen molar-refractivity contribution in [2.75, 3.05) is 6.54 Å². The smallest absolute Gasteiger partial charge is 0.243 e. The number of pyridine rings is 1.